The van der Waals surface area contributed by atoms with Gasteiger partial charge < -0.3 is 9.84 Å². The zero-order chi connectivity index (χ0) is 13.8. The lowest BCUT2D eigenvalue weighted by Crippen LogP contribution is -2.03. The third-order valence-electron chi connectivity index (χ3n) is 3.07. The minimum atomic E-state index is -0.593. The van der Waals surface area contributed by atoms with Gasteiger partial charge in [0.2, 0.25) is 0 Å². The molecule has 0 spiro atoms. The van der Waals surface area contributed by atoms with E-state index < -0.39 is 6.10 Å². The standard InChI is InChI=1S/C15H16ClNO2/c1-10-7-12(3-4-15(10)19-2)14(18)8-11-5-6-17-9-13(11)16/h3-7,9,14,18H,8H2,1-2H3. The van der Waals surface area contributed by atoms with Gasteiger partial charge in [0.05, 0.1) is 18.2 Å². The van der Waals surface area contributed by atoms with Crippen LogP contribution >= 0.6 is 11.6 Å². The Balaban J connectivity index is 2.18. The van der Waals surface area contributed by atoms with Gasteiger partial charge in [0.15, 0.2) is 0 Å². The monoisotopic (exact) mass is 277 g/mol. The van der Waals surface area contributed by atoms with Crippen molar-refractivity contribution >= 4 is 11.6 Å². The van der Waals surface area contributed by atoms with Crippen molar-refractivity contribution in [3.8, 4) is 5.75 Å². The predicted octanol–water partition coefficient (Wildman–Crippen LogP) is 3.33. The van der Waals surface area contributed by atoms with E-state index in [1.165, 1.54) is 0 Å². The molecular weight excluding hydrogens is 262 g/mol. The van der Waals surface area contributed by atoms with E-state index in [2.05, 4.69) is 4.98 Å². The molecule has 0 aliphatic heterocycles. The number of aliphatic hydroxyl groups excluding tert-OH is 1. The van der Waals surface area contributed by atoms with Crippen molar-refractivity contribution in [1.82, 2.24) is 4.98 Å². The Morgan fingerprint density at radius 1 is 1.37 bits per heavy atom. The van der Waals surface area contributed by atoms with Crippen LogP contribution in [0.1, 0.15) is 22.8 Å². The molecule has 2 rings (SSSR count). The van der Waals surface area contributed by atoms with Crippen LogP contribution in [-0.4, -0.2) is 17.2 Å². The summed E-state index contributed by atoms with van der Waals surface area (Å²) in [5.41, 5.74) is 2.74. The number of halogens is 1. The summed E-state index contributed by atoms with van der Waals surface area (Å²) >= 11 is 6.04. The number of rotatable bonds is 4. The Kier molecular flexibility index (Phi) is 4.40. The first-order valence-electron chi connectivity index (χ1n) is 6.03. The van der Waals surface area contributed by atoms with Crippen LogP contribution in [-0.2, 0) is 6.42 Å². The minimum absolute atomic E-state index is 0.465. The molecule has 1 N–H and O–H groups in total. The SMILES string of the molecule is COc1ccc(C(O)Cc2ccncc2Cl)cc1C. The average molecular weight is 278 g/mol. The fraction of sp³-hybridized carbons (Fsp3) is 0.267. The number of aromatic nitrogens is 1. The molecule has 0 saturated heterocycles. The fourth-order valence-electron chi connectivity index (χ4n) is 2.00. The fourth-order valence-corrected chi connectivity index (χ4v) is 2.20. The molecule has 0 radical (unpaired) electrons. The second kappa shape index (κ2) is 6.04. The highest BCUT2D eigenvalue weighted by Crippen LogP contribution is 2.26. The highest BCUT2D eigenvalue weighted by atomic mass is 35.5. The maximum atomic E-state index is 10.3. The highest BCUT2D eigenvalue weighted by Gasteiger charge is 2.12. The van der Waals surface area contributed by atoms with Gasteiger partial charge in [-0.25, -0.2) is 0 Å². The van der Waals surface area contributed by atoms with Crippen LogP contribution in [0, 0.1) is 6.92 Å². The second-order valence-electron chi connectivity index (χ2n) is 4.42. The first kappa shape index (κ1) is 13.8. The third kappa shape index (κ3) is 3.25. The van der Waals surface area contributed by atoms with Crippen LogP contribution in [0.3, 0.4) is 0 Å². The van der Waals surface area contributed by atoms with E-state index >= 15 is 0 Å². The molecule has 1 unspecified atom stereocenters. The lowest BCUT2D eigenvalue weighted by Gasteiger charge is -2.14. The number of hydrogen-bond acceptors (Lipinski definition) is 3. The van der Waals surface area contributed by atoms with Crippen molar-refractivity contribution in [2.45, 2.75) is 19.4 Å². The molecule has 2 aromatic rings. The summed E-state index contributed by atoms with van der Waals surface area (Å²) < 4.78 is 5.21. The molecule has 0 fully saturated rings. The first-order chi connectivity index (χ1) is 9.11. The van der Waals surface area contributed by atoms with Crippen molar-refractivity contribution in [2.24, 2.45) is 0 Å². The van der Waals surface area contributed by atoms with Gasteiger partial charge in [0.25, 0.3) is 0 Å². The molecule has 0 amide bonds. The normalized spacial score (nSPS) is 12.2. The molecule has 0 bridgehead atoms. The van der Waals surface area contributed by atoms with E-state index in [4.69, 9.17) is 16.3 Å². The number of aliphatic hydroxyl groups is 1. The quantitative estimate of drug-likeness (QED) is 0.932. The van der Waals surface area contributed by atoms with Crippen LogP contribution in [0.2, 0.25) is 5.02 Å². The van der Waals surface area contributed by atoms with Gasteiger partial charge in [-0.2, -0.15) is 0 Å². The van der Waals surface area contributed by atoms with Gasteiger partial charge in [0.1, 0.15) is 5.75 Å². The van der Waals surface area contributed by atoms with Gasteiger partial charge in [-0.15, -0.1) is 0 Å². The number of aryl methyl sites for hydroxylation is 1. The van der Waals surface area contributed by atoms with Gasteiger partial charge in [-0.05, 0) is 41.8 Å². The van der Waals surface area contributed by atoms with Crippen molar-refractivity contribution in [3.05, 3.63) is 58.4 Å². The van der Waals surface area contributed by atoms with E-state index in [0.29, 0.717) is 11.4 Å². The average Bonchev–Trinajstić information content (AvgIpc) is 2.41. The predicted molar refractivity (Wildman–Crippen MR) is 75.6 cm³/mol. The molecule has 0 saturated carbocycles. The van der Waals surface area contributed by atoms with Gasteiger partial charge in [-0.3, -0.25) is 4.98 Å². The summed E-state index contributed by atoms with van der Waals surface area (Å²) in [5.74, 6) is 0.817. The van der Waals surface area contributed by atoms with Crippen molar-refractivity contribution in [2.75, 3.05) is 7.11 Å². The van der Waals surface area contributed by atoms with Crippen LogP contribution in [0.15, 0.2) is 36.7 Å². The summed E-state index contributed by atoms with van der Waals surface area (Å²) in [7, 11) is 1.63. The molecule has 1 atom stereocenters. The second-order valence-corrected chi connectivity index (χ2v) is 4.82. The Morgan fingerprint density at radius 3 is 2.79 bits per heavy atom. The lowest BCUT2D eigenvalue weighted by atomic mass is 10.0. The lowest BCUT2D eigenvalue weighted by molar-refractivity contribution is 0.178. The molecule has 0 aliphatic carbocycles. The molecule has 1 aromatic heterocycles. The summed E-state index contributed by atoms with van der Waals surface area (Å²) in [6.07, 6.45) is 3.13. The Morgan fingerprint density at radius 2 is 2.16 bits per heavy atom. The van der Waals surface area contributed by atoms with E-state index in [1.807, 2.05) is 31.2 Å². The van der Waals surface area contributed by atoms with E-state index in [-0.39, 0.29) is 0 Å². The maximum absolute atomic E-state index is 10.3. The summed E-state index contributed by atoms with van der Waals surface area (Å²) in [5, 5.41) is 10.8. The smallest absolute Gasteiger partial charge is 0.121 e. The largest absolute Gasteiger partial charge is 0.496 e. The number of methoxy groups -OCH3 is 1. The van der Waals surface area contributed by atoms with Crippen molar-refractivity contribution < 1.29 is 9.84 Å². The summed E-state index contributed by atoms with van der Waals surface area (Å²) in [6, 6.07) is 7.48. The van der Waals surface area contributed by atoms with E-state index in [9.17, 15) is 5.11 Å². The molecule has 19 heavy (non-hydrogen) atoms. The number of benzene rings is 1. The van der Waals surface area contributed by atoms with Crippen molar-refractivity contribution in [3.63, 3.8) is 0 Å². The highest BCUT2D eigenvalue weighted by molar-refractivity contribution is 6.31. The van der Waals surface area contributed by atoms with Crippen LogP contribution < -0.4 is 4.74 Å². The number of pyridine rings is 1. The minimum Gasteiger partial charge on any atom is -0.496 e. The number of nitrogens with zero attached hydrogens (tertiary/aromatic N) is 1. The molecule has 3 nitrogen and oxygen atoms in total. The Hall–Kier alpha value is -1.58. The molecule has 4 heteroatoms. The van der Waals surface area contributed by atoms with E-state index in [1.54, 1.807) is 19.5 Å². The van der Waals surface area contributed by atoms with Crippen LogP contribution in [0.5, 0.6) is 5.75 Å². The Labute approximate surface area is 117 Å². The first-order valence-corrected chi connectivity index (χ1v) is 6.40. The van der Waals surface area contributed by atoms with Gasteiger partial charge in [0, 0.05) is 18.8 Å². The van der Waals surface area contributed by atoms with Crippen molar-refractivity contribution in [1.29, 1.82) is 0 Å². The summed E-state index contributed by atoms with van der Waals surface area (Å²) in [4.78, 5) is 3.93. The number of ether oxygens (including phenoxy) is 1. The van der Waals surface area contributed by atoms with Crippen LogP contribution in [0.25, 0.3) is 0 Å². The Bertz CT molecular complexity index is 572. The van der Waals surface area contributed by atoms with E-state index in [0.717, 1.165) is 22.4 Å². The molecule has 1 heterocycles. The molecular formula is C15H16ClNO2. The summed E-state index contributed by atoms with van der Waals surface area (Å²) in [6.45, 7) is 1.95. The third-order valence-corrected chi connectivity index (χ3v) is 3.41. The maximum Gasteiger partial charge on any atom is 0.121 e. The molecule has 1 aromatic carbocycles. The zero-order valence-corrected chi connectivity index (χ0v) is 11.7. The number of hydrogen-bond donors (Lipinski definition) is 1. The van der Waals surface area contributed by atoms with Gasteiger partial charge >= 0.3 is 0 Å². The van der Waals surface area contributed by atoms with Gasteiger partial charge in [-0.1, -0.05) is 17.7 Å². The molecule has 0 aliphatic rings. The van der Waals surface area contributed by atoms with Crippen LogP contribution in [0.4, 0.5) is 0 Å². The zero-order valence-electron chi connectivity index (χ0n) is 10.9. The topological polar surface area (TPSA) is 42.4 Å². The molecule has 100 valence electrons.